The van der Waals surface area contributed by atoms with Crippen molar-refractivity contribution < 1.29 is 14.3 Å². The molecular weight excluding hydrogens is 254 g/mol. The lowest BCUT2D eigenvalue weighted by molar-refractivity contribution is -0.148. The summed E-state index contributed by atoms with van der Waals surface area (Å²) in [6.45, 7) is 4.38. The normalized spacial score (nSPS) is 20.6. The molecule has 1 aliphatic rings. The molecule has 0 saturated carbocycles. The lowest BCUT2D eigenvalue weighted by Crippen LogP contribution is -2.32. The van der Waals surface area contributed by atoms with Crippen LogP contribution in [0.2, 0.25) is 0 Å². The summed E-state index contributed by atoms with van der Waals surface area (Å²) in [7, 11) is 3.52. The van der Waals surface area contributed by atoms with E-state index in [0.717, 1.165) is 25.3 Å². The fraction of sp³-hybridized carbons (Fsp3) is 0.562. The van der Waals surface area contributed by atoms with E-state index in [1.54, 1.807) is 0 Å². The number of carbonyl (C=O) groups is 1. The minimum absolute atomic E-state index is 0.169. The average Bonchev–Trinajstić information content (AvgIpc) is 2.87. The first-order valence-corrected chi connectivity index (χ1v) is 7.06. The summed E-state index contributed by atoms with van der Waals surface area (Å²) in [6, 6.07) is 7.88. The predicted molar refractivity (Wildman–Crippen MR) is 77.8 cm³/mol. The highest BCUT2D eigenvalue weighted by Crippen LogP contribution is 2.25. The van der Waals surface area contributed by atoms with E-state index in [0.29, 0.717) is 12.5 Å². The lowest BCUT2D eigenvalue weighted by atomic mass is 9.92. The van der Waals surface area contributed by atoms with E-state index in [1.807, 2.05) is 31.2 Å². The molecule has 0 aromatic heterocycles. The van der Waals surface area contributed by atoms with Gasteiger partial charge in [-0.15, -0.1) is 0 Å². The second kappa shape index (κ2) is 6.75. The molecule has 0 N–H and O–H groups in total. The fourth-order valence-electron chi connectivity index (χ4n) is 2.67. The maximum absolute atomic E-state index is 12.0. The molecule has 110 valence electrons. The van der Waals surface area contributed by atoms with Crippen molar-refractivity contribution in [3.05, 3.63) is 29.8 Å². The van der Waals surface area contributed by atoms with Crippen LogP contribution in [0.5, 0.6) is 5.75 Å². The van der Waals surface area contributed by atoms with E-state index in [1.165, 1.54) is 12.7 Å². The van der Waals surface area contributed by atoms with Gasteiger partial charge in [-0.2, -0.15) is 0 Å². The highest BCUT2D eigenvalue weighted by molar-refractivity contribution is 5.73. The summed E-state index contributed by atoms with van der Waals surface area (Å²) in [5.74, 6) is 0.761. The number of hydrogen-bond acceptors (Lipinski definition) is 4. The van der Waals surface area contributed by atoms with E-state index in [4.69, 9.17) is 9.47 Å². The Kier molecular flexibility index (Phi) is 5.01. The number of nitrogens with zero attached hydrogens (tertiary/aromatic N) is 1. The summed E-state index contributed by atoms with van der Waals surface area (Å²) in [6.07, 6.45) is 1.02. The Labute approximate surface area is 120 Å². The summed E-state index contributed by atoms with van der Waals surface area (Å²) >= 11 is 0. The highest BCUT2D eigenvalue weighted by atomic mass is 16.5. The fourth-order valence-corrected chi connectivity index (χ4v) is 2.67. The van der Waals surface area contributed by atoms with Gasteiger partial charge in [0.05, 0.1) is 13.0 Å². The molecule has 2 atom stereocenters. The maximum atomic E-state index is 12.0. The number of carbonyl (C=O) groups excluding carboxylic acids is 1. The average molecular weight is 277 g/mol. The number of rotatable bonds is 5. The summed E-state index contributed by atoms with van der Waals surface area (Å²) < 4.78 is 10.7. The lowest BCUT2D eigenvalue weighted by Gasteiger charge is -2.21. The molecule has 0 aliphatic carbocycles. The predicted octanol–water partition coefficient (Wildman–Crippen LogP) is 2.11. The molecule has 1 fully saturated rings. The minimum Gasteiger partial charge on any atom is -0.493 e. The van der Waals surface area contributed by atoms with Crippen molar-refractivity contribution in [3.8, 4) is 5.75 Å². The molecule has 1 aliphatic heterocycles. The second-order valence-corrected chi connectivity index (χ2v) is 5.56. The molecule has 4 nitrogen and oxygen atoms in total. The Morgan fingerprint density at radius 2 is 2.10 bits per heavy atom. The summed E-state index contributed by atoms with van der Waals surface area (Å²) in [5, 5.41) is 0. The van der Waals surface area contributed by atoms with Crippen LogP contribution >= 0.6 is 0 Å². The molecule has 2 rings (SSSR count). The topological polar surface area (TPSA) is 38.8 Å². The summed E-state index contributed by atoms with van der Waals surface area (Å²) in [5.41, 5.74) is 1.19. The zero-order chi connectivity index (χ0) is 14.5. The van der Waals surface area contributed by atoms with E-state index in [2.05, 4.69) is 11.9 Å². The maximum Gasteiger partial charge on any atom is 0.312 e. The van der Waals surface area contributed by atoms with Crippen LogP contribution in [0.4, 0.5) is 0 Å². The van der Waals surface area contributed by atoms with Gasteiger partial charge in [-0.3, -0.25) is 4.79 Å². The smallest absolute Gasteiger partial charge is 0.312 e. The van der Waals surface area contributed by atoms with Gasteiger partial charge in [-0.05, 0) is 45.0 Å². The number of esters is 1. The van der Waals surface area contributed by atoms with Gasteiger partial charge >= 0.3 is 5.97 Å². The van der Waals surface area contributed by atoms with Crippen molar-refractivity contribution in [2.75, 3.05) is 33.9 Å². The molecule has 0 radical (unpaired) electrons. The number of likely N-dealkylation sites (tertiary alicyclic amines) is 1. The number of methoxy groups -OCH3 is 1. The van der Waals surface area contributed by atoms with Crippen molar-refractivity contribution in [1.82, 2.24) is 4.90 Å². The highest BCUT2D eigenvalue weighted by Gasteiger charge is 2.34. The standard InChI is InChI=1S/C16H23NO3/c1-12-4-6-14(7-5-12)20-11-15(16(18)19-3)13-8-9-17(2)10-13/h4-7,13,15H,8-11H2,1-3H3. The van der Waals surface area contributed by atoms with Crippen LogP contribution in [0.25, 0.3) is 0 Å². The van der Waals surface area contributed by atoms with Crippen molar-refractivity contribution in [2.45, 2.75) is 13.3 Å². The zero-order valence-electron chi connectivity index (χ0n) is 12.5. The zero-order valence-corrected chi connectivity index (χ0v) is 12.5. The molecule has 2 unspecified atom stereocenters. The number of aryl methyl sites for hydroxylation is 1. The molecule has 0 spiro atoms. The SMILES string of the molecule is COC(=O)C(COc1ccc(C)cc1)C1CCN(C)C1. The molecular formula is C16H23NO3. The van der Waals surface area contributed by atoms with E-state index < -0.39 is 0 Å². The third kappa shape index (κ3) is 3.73. The largest absolute Gasteiger partial charge is 0.493 e. The van der Waals surface area contributed by atoms with E-state index in [9.17, 15) is 4.79 Å². The minimum atomic E-state index is -0.189. The molecule has 1 aromatic rings. The van der Waals surface area contributed by atoms with Crippen molar-refractivity contribution in [2.24, 2.45) is 11.8 Å². The number of benzene rings is 1. The Balaban J connectivity index is 1.97. The van der Waals surface area contributed by atoms with Gasteiger partial charge in [0.2, 0.25) is 0 Å². The quantitative estimate of drug-likeness (QED) is 0.773. The summed E-state index contributed by atoms with van der Waals surface area (Å²) in [4.78, 5) is 14.2. The monoisotopic (exact) mass is 277 g/mol. The molecule has 4 heteroatoms. The first-order chi connectivity index (χ1) is 9.60. The van der Waals surface area contributed by atoms with Crippen LogP contribution in [0.15, 0.2) is 24.3 Å². The van der Waals surface area contributed by atoms with Crippen LogP contribution in [0.1, 0.15) is 12.0 Å². The van der Waals surface area contributed by atoms with Gasteiger partial charge in [0, 0.05) is 6.54 Å². The molecule has 0 amide bonds. The molecule has 1 saturated heterocycles. The Morgan fingerprint density at radius 1 is 1.40 bits per heavy atom. The van der Waals surface area contributed by atoms with Crippen LogP contribution in [-0.2, 0) is 9.53 Å². The van der Waals surface area contributed by atoms with E-state index >= 15 is 0 Å². The van der Waals surface area contributed by atoms with Crippen molar-refractivity contribution >= 4 is 5.97 Å². The van der Waals surface area contributed by atoms with Gasteiger partial charge in [0.1, 0.15) is 12.4 Å². The number of hydrogen-bond donors (Lipinski definition) is 0. The van der Waals surface area contributed by atoms with Crippen LogP contribution < -0.4 is 4.74 Å². The Hall–Kier alpha value is -1.55. The van der Waals surface area contributed by atoms with Gasteiger partial charge in [-0.25, -0.2) is 0 Å². The van der Waals surface area contributed by atoms with Crippen LogP contribution in [0.3, 0.4) is 0 Å². The number of ether oxygens (including phenoxy) is 2. The van der Waals surface area contributed by atoms with Gasteiger partial charge < -0.3 is 14.4 Å². The third-order valence-electron chi connectivity index (χ3n) is 3.95. The molecule has 1 heterocycles. The molecule has 1 aromatic carbocycles. The van der Waals surface area contributed by atoms with Gasteiger partial charge in [-0.1, -0.05) is 17.7 Å². The Morgan fingerprint density at radius 3 is 2.65 bits per heavy atom. The second-order valence-electron chi connectivity index (χ2n) is 5.56. The van der Waals surface area contributed by atoms with Crippen LogP contribution in [0, 0.1) is 18.8 Å². The first kappa shape index (κ1) is 14.9. The first-order valence-electron chi connectivity index (χ1n) is 7.06. The van der Waals surface area contributed by atoms with Gasteiger partial charge in [0.25, 0.3) is 0 Å². The van der Waals surface area contributed by atoms with Crippen LogP contribution in [-0.4, -0.2) is 44.7 Å². The van der Waals surface area contributed by atoms with E-state index in [-0.39, 0.29) is 11.9 Å². The third-order valence-corrected chi connectivity index (χ3v) is 3.95. The molecule has 20 heavy (non-hydrogen) atoms. The van der Waals surface area contributed by atoms with Gasteiger partial charge in [0.15, 0.2) is 0 Å². The molecule has 0 bridgehead atoms. The Bertz CT molecular complexity index is 444. The van der Waals surface area contributed by atoms with Crippen molar-refractivity contribution in [3.63, 3.8) is 0 Å². The van der Waals surface area contributed by atoms with Crippen molar-refractivity contribution in [1.29, 1.82) is 0 Å².